The number of nitro benzene ring substituents is 1. The predicted molar refractivity (Wildman–Crippen MR) is 122 cm³/mol. The van der Waals surface area contributed by atoms with Crippen molar-refractivity contribution in [2.45, 2.75) is 23.6 Å². The van der Waals surface area contributed by atoms with Crippen molar-refractivity contribution in [3.63, 3.8) is 0 Å². The van der Waals surface area contributed by atoms with Crippen LogP contribution in [0.15, 0.2) is 88.7 Å². The lowest BCUT2D eigenvalue weighted by atomic mass is 10.2. The molecule has 160 valence electrons. The molecule has 0 aliphatic rings. The van der Waals surface area contributed by atoms with Crippen molar-refractivity contribution in [1.29, 1.82) is 0 Å². The van der Waals surface area contributed by atoms with Crippen LogP contribution in [0.1, 0.15) is 21.6 Å². The zero-order chi connectivity index (χ0) is 22.7. The minimum Gasteiger partial charge on any atom is -0.402 e. The van der Waals surface area contributed by atoms with Crippen molar-refractivity contribution in [2.24, 2.45) is 0 Å². The van der Waals surface area contributed by atoms with Gasteiger partial charge in [-0.1, -0.05) is 59.8 Å². The molecule has 0 saturated carbocycles. The highest BCUT2D eigenvalue weighted by atomic mass is 32.2. The van der Waals surface area contributed by atoms with E-state index in [0.29, 0.717) is 16.3 Å². The van der Waals surface area contributed by atoms with Crippen molar-refractivity contribution < 1.29 is 14.5 Å². The summed E-state index contributed by atoms with van der Waals surface area (Å²) in [5, 5.41) is 16.0. The van der Waals surface area contributed by atoms with Gasteiger partial charge < -0.3 is 4.74 Å². The summed E-state index contributed by atoms with van der Waals surface area (Å²) < 4.78 is 7.30. The molecule has 0 unspecified atom stereocenters. The SMILES string of the molecule is Cc1ccc(Sc2c(C)nn(-c3ccccc3)c2OC(=O)c2ccccc2[N+](=O)[O-])cc1. The van der Waals surface area contributed by atoms with Crippen molar-refractivity contribution in [1.82, 2.24) is 9.78 Å². The number of nitro groups is 1. The lowest BCUT2D eigenvalue weighted by molar-refractivity contribution is -0.385. The summed E-state index contributed by atoms with van der Waals surface area (Å²) in [5.41, 5.74) is 2.07. The van der Waals surface area contributed by atoms with Gasteiger partial charge in [-0.3, -0.25) is 10.1 Å². The fourth-order valence-electron chi connectivity index (χ4n) is 3.12. The number of aromatic nitrogens is 2. The van der Waals surface area contributed by atoms with Crippen molar-refractivity contribution in [2.75, 3.05) is 0 Å². The van der Waals surface area contributed by atoms with Gasteiger partial charge in [0.2, 0.25) is 5.88 Å². The van der Waals surface area contributed by atoms with Crippen LogP contribution >= 0.6 is 11.8 Å². The summed E-state index contributed by atoms with van der Waals surface area (Å²) >= 11 is 1.42. The molecule has 4 aromatic rings. The number of esters is 1. The highest BCUT2D eigenvalue weighted by Crippen LogP contribution is 2.39. The first-order chi connectivity index (χ1) is 15.4. The van der Waals surface area contributed by atoms with Gasteiger partial charge >= 0.3 is 5.97 Å². The van der Waals surface area contributed by atoms with Gasteiger partial charge in [0.05, 0.1) is 21.2 Å². The molecule has 4 rings (SSSR count). The monoisotopic (exact) mass is 445 g/mol. The van der Waals surface area contributed by atoms with E-state index in [1.807, 2.05) is 68.4 Å². The molecule has 8 heteroatoms. The normalized spacial score (nSPS) is 10.7. The van der Waals surface area contributed by atoms with Gasteiger partial charge in [0.1, 0.15) is 5.56 Å². The second-order valence-electron chi connectivity index (χ2n) is 7.05. The van der Waals surface area contributed by atoms with Gasteiger partial charge in [0.25, 0.3) is 5.69 Å². The smallest absolute Gasteiger partial charge is 0.351 e. The molecular weight excluding hydrogens is 426 g/mol. The molecule has 0 radical (unpaired) electrons. The Labute approximate surface area is 188 Å². The van der Waals surface area contributed by atoms with E-state index in [-0.39, 0.29) is 17.1 Å². The zero-order valence-corrected chi connectivity index (χ0v) is 18.2. The largest absolute Gasteiger partial charge is 0.402 e. The van der Waals surface area contributed by atoms with Crippen molar-refractivity contribution in [3.8, 4) is 11.6 Å². The van der Waals surface area contributed by atoms with Crippen molar-refractivity contribution >= 4 is 23.4 Å². The first-order valence-electron chi connectivity index (χ1n) is 9.79. The molecule has 0 N–H and O–H groups in total. The third-order valence-electron chi connectivity index (χ3n) is 4.72. The number of benzene rings is 3. The number of hydrogen-bond donors (Lipinski definition) is 0. The topological polar surface area (TPSA) is 87.3 Å². The maximum atomic E-state index is 13.0. The second-order valence-corrected chi connectivity index (χ2v) is 8.13. The van der Waals surface area contributed by atoms with Crippen LogP contribution in [0, 0.1) is 24.0 Å². The van der Waals surface area contributed by atoms with Gasteiger partial charge in [-0.15, -0.1) is 0 Å². The molecule has 1 heterocycles. The minimum absolute atomic E-state index is 0.123. The van der Waals surface area contributed by atoms with E-state index in [4.69, 9.17) is 4.74 Å². The molecule has 7 nitrogen and oxygen atoms in total. The fraction of sp³-hybridized carbons (Fsp3) is 0.0833. The van der Waals surface area contributed by atoms with Gasteiger partial charge in [-0.25, -0.2) is 4.79 Å². The van der Waals surface area contributed by atoms with E-state index < -0.39 is 10.9 Å². The summed E-state index contributed by atoms with van der Waals surface area (Å²) in [6.07, 6.45) is 0. The molecule has 0 aliphatic heterocycles. The van der Waals surface area contributed by atoms with Crippen LogP contribution in [0.3, 0.4) is 0 Å². The summed E-state index contributed by atoms with van der Waals surface area (Å²) in [6.45, 7) is 3.84. The van der Waals surface area contributed by atoms with Crippen LogP contribution < -0.4 is 4.74 Å². The Morgan fingerprint density at radius 3 is 2.31 bits per heavy atom. The first kappa shape index (κ1) is 21.3. The maximum absolute atomic E-state index is 13.0. The third-order valence-corrected chi connectivity index (χ3v) is 5.90. The molecule has 0 fully saturated rings. The Kier molecular flexibility index (Phi) is 6.04. The number of para-hydroxylation sites is 2. The van der Waals surface area contributed by atoms with E-state index in [2.05, 4.69) is 5.10 Å². The molecular formula is C24H19N3O4S. The number of carbonyl (C=O) groups excluding carboxylic acids is 1. The average molecular weight is 446 g/mol. The van der Waals surface area contributed by atoms with Crippen LogP contribution in [0.25, 0.3) is 5.69 Å². The van der Waals surface area contributed by atoms with Crippen LogP contribution in [0.4, 0.5) is 5.69 Å². The van der Waals surface area contributed by atoms with E-state index in [0.717, 1.165) is 10.5 Å². The van der Waals surface area contributed by atoms with E-state index in [9.17, 15) is 14.9 Å². The molecule has 0 saturated heterocycles. The van der Waals surface area contributed by atoms with Crippen LogP contribution in [0.2, 0.25) is 0 Å². The molecule has 0 bridgehead atoms. The highest BCUT2D eigenvalue weighted by molar-refractivity contribution is 7.99. The number of rotatable bonds is 6. The zero-order valence-electron chi connectivity index (χ0n) is 17.4. The van der Waals surface area contributed by atoms with Crippen LogP contribution in [0.5, 0.6) is 5.88 Å². The van der Waals surface area contributed by atoms with E-state index in [1.54, 1.807) is 10.7 Å². The van der Waals surface area contributed by atoms with Crippen LogP contribution in [-0.2, 0) is 0 Å². The molecule has 3 aromatic carbocycles. The maximum Gasteiger partial charge on any atom is 0.351 e. The van der Waals surface area contributed by atoms with Gasteiger partial charge in [0, 0.05) is 11.0 Å². The summed E-state index contributed by atoms with van der Waals surface area (Å²) in [6, 6.07) is 22.9. The quantitative estimate of drug-likeness (QED) is 0.213. The number of hydrogen-bond acceptors (Lipinski definition) is 6. The molecule has 0 spiro atoms. The van der Waals surface area contributed by atoms with Gasteiger partial charge in [0.15, 0.2) is 0 Å². The molecule has 32 heavy (non-hydrogen) atoms. The average Bonchev–Trinajstić information content (AvgIpc) is 3.10. The van der Waals surface area contributed by atoms with E-state index >= 15 is 0 Å². The standard InChI is InChI=1S/C24H19N3O4S/c1-16-12-14-19(15-13-16)32-22-17(2)25-26(18-8-4-3-5-9-18)23(22)31-24(28)20-10-6-7-11-21(20)27(29)30/h3-15H,1-2H3. The Morgan fingerprint density at radius 2 is 1.62 bits per heavy atom. The number of nitrogens with zero attached hydrogens (tertiary/aromatic N) is 3. The minimum atomic E-state index is -0.819. The Morgan fingerprint density at radius 1 is 0.969 bits per heavy atom. The predicted octanol–water partition coefficient (Wildman–Crippen LogP) is 5.77. The molecule has 0 aliphatic carbocycles. The number of ether oxygens (including phenoxy) is 1. The third kappa shape index (κ3) is 4.40. The van der Waals surface area contributed by atoms with Gasteiger partial charge in [-0.05, 0) is 44.2 Å². The van der Waals surface area contributed by atoms with Gasteiger partial charge in [-0.2, -0.15) is 9.78 Å². The second kappa shape index (κ2) is 9.07. The Balaban J connectivity index is 1.79. The summed E-state index contributed by atoms with van der Waals surface area (Å²) in [7, 11) is 0. The summed E-state index contributed by atoms with van der Waals surface area (Å²) in [5.74, 6) is -0.609. The first-order valence-corrected chi connectivity index (χ1v) is 10.6. The Hall–Kier alpha value is -3.91. The Bertz CT molecular complexity index is 1280. The number of carbonyl (C=O) groups is 1. The molecule has 0 atom stereocenters. The lowest BCUT2D eigenvalue weighted by Crippen LogP contribution is -2.14. The molecule has 1 aromatic heterocycles. The lowest BCUT2D eigenvalue weighted by Gasteiger charge is -2.10. The highest BCUT2D eigenvalue weighted by Gasteiger charge is 2.26. The number of aryl methyl sites for hydroxylation is 2. The summed E-state index contributed by atoms with van der Waals surface area (Å²) in [4.78, 5) is 25.4. The van der Waals surface area contributed by atoms with Crippen LogP contribution in [-0.4, -0.2) is 20.7 Å². The van der Waals surface area contributed by atoms with Crippen molar-refractivity contribution in [3.05, 3.63) is 106 Å². The molecule has 0 amide bonds. The van der Waals surface area contributed by atoms with E-state index in [1.165, 1.54) is 30.0 Å². The fourth-order valence-corrected chi connectivity index (χ4v) is 4.03.